The number of rotatable bonds is 2. The van der Waals surface area contributed by atoms with E-state index in [0.29, 0.717) is 11.3 Å². The molecule has 29 heavy (non-hydrogen) atoms. The second-order valence-electron chi connectivity index (χ2n) is 7.39. The highest BCUT2D eigenvalue weighted by molar-refractivity contribution is 6.17. The number of ether oxygens (including phenoxy) is 1. The van der Waals surface area contributed by atoms with Crippen molar-refractivity contribution < 1.29 is 9.53 Å². The van der Waals surface area contributed by atoms with Crippen molar-refractivity contribution in [3.8, 4) is 5.75 Å². The summed E-state index contributed by atoms with van der Waals surface area (Å²) in [6.07, 6.45) is 3.76. The molecule has 5 rings (SSSR count). The molecule has 0 aliphatic carbocycles. The fourth-order valence-electron chi connectivity index (χ4n) is 4.33. The Morgan fingerprint density at radius 2 is 1.72 bits per heavy atom. The van der Waals surface area contributed by atoms with E-state index in [-0.39, 0.29) is 5.97 Å². The number of aryl methyl sites for hydroxylation is 3. The van der Waals surface area contributed by atoms with Crippen molar-refractivity contribution in [2.45, 2.75) is 13.8 Å². The van der Waals surface area contributed by atoms with Crippen LogP contribution in [0.1, 0.15) is 21.5 Å². The van der Waals surface area contributed by atoms with Crippen LogP contribution in [0.3, 0.4) is 0 Å². The number of nitrogens with zero attached hydrogens (tertiary/aromatic N) is 2. The van der Waals surface area contributed by atoms with Crippen LogP contribution in [0.2, 0.25) is 0 Å². The SMILES string of the molecule is Cc1c2cnccc2c(C)c2c1c1cc(OC(=O)c3ccccc3)ccc1n2C. The Morgan fingerprint density at radius 1 is 0.931 bits per heavy atom. The Balaban J connectivity index is 1.73. The van der Waals surface area contributed by atoms with Crippen LogP contribution >= 0.6 is 0 Å². The first-order chi connectivity index (χ1) is 14.1. The van der Waals surface area contributed by atoms with Gasteiger partial charge in [0.25, 0.3) is 0 Å². The molecule has 2 heterocycles. The summed E-state index contributed by atoms with van der Waals surface area (Å²) < 4.78 is 7.88. The lowest BCUT2D eigenvalue weighted by molar-refractivity contribution is 0.0735. The van der Waals surface area contributed by atoms with Gasteiger partial charge in [-0.1, -0.05) is 18.2 Å². The molecule has 0 aliphatic heterocycles. The van der Waals surface area contributed by atoms with E-state index in [9.17, 15) is 4.79 Å². The highest BCUT2D eigenvalue weighted by atomic mass is 16.5. The summed E-state index contributed by atoms with van der Waals surface area (Å²) in [6.45, 7) is 4.28. The van der Waals surface area contributed by atoms with Gasteiger partial charge in [0, 0.05) is 41.1 Å². The maximum Gasteiger partial charge on any atom is 0.343 e. The van der Waals surface area contributed by atoms with Crippen molar-refractivity contribution in [1.29, 1.82) is 0 Å². The number of fused-ring (bicyclic) bond motifs is 4. The lowest BCUT2D eigenvalue weighted by Crippen LogP contribution is -2.07. The molecule has 0 saturated heterocycles. The van der Waals surface area contributed by atoms with Gasteiger partial charge in [-0.2, -0.15) is 0 Å². The number of carbonyl (C=O) groups is 1. The van der Waals surface area contributed by atoms with Crippen molar-refractivity contribution in [3.63, 3.8) is 0 Å². The molecule has 3 aromatic carbocycles. The number of hydrogen-bond acceptors (Lipinski definition) is 3. The van der Waals surface area contributed by atoms with Crippen molar-refractivity contribution in [1.82, 2.24) is 9.55 Å². The second kappa shape index (κ2) is 6.45. The van der Waals surface area contributed by atoms with Gasteiger partial charge in [-0.25, -0.2) is 4.79 Å². The van der Waals surface area contributed by atoms with Gasteiger partial charge in [-0.15, -0.1) is 0 Å². The van der Waals surface area contributed by atoms with Gasteiger partial charge >= 0.3 is 5.97 Å². The largest absolute Gasteiger partial charge is 0.423 e. The average Bonchev–Trinajstić information content (AvgIpc) is 3.05. The molecule has 0 fully saturated rings. The van der Waals surface area contributed by atoms with Crippen LogP contribution in [0.25, 0.3) is 32.6 Å². The van der Waals surface area contributed by atoms with E-state index in [1.807, 2.05) is 48.8 Å². The van der Waals surface area contributed by atoms with Crippen molar-refractivity contribution in [3.05, 3.63) is 83.7 Å². The maximum atomic E-state index is 12.5. The lowest BCUT2D eigenvalue weighted by atomic mass is 9.97. The molecule has 0 unspecified atom stereocenters. The quantitative estimate of drug-likeness (QED) is 0.291. The van der Waals surface area contributed by atoms with Crippen LogP contribution in [0.5, 0.6) is 5.75 Å². The third-order valence-electron chi connectivity index (χ3n) is 5.75. The molecule has 4 heteroatoms. The van der Waals surface area contributed by atoms with Crippen molar-refractivity contribution >= 4 is 38.5 Å². The van der Waals surface area contributed by atoms with Gasteiger partial charge < -0.3 is 9.30 Å². The van der Waals surface area contributed by atoms with Gasteiger partial charge in [0.1, 0.15) is 5.75 Å². The Hall–Kier alpha value is -3.66. The van der Waals surface area contributed by atoms with Gasteiger partial charge in [0.05, 0.1) is 11.1 Å². The number of carbonyl (C=O) groups excluding carboxylic acids is 1. The second-order valence-corrected chi connectivity index (χ2v) is 7.39. The molecule has 0 radical (unpaired) electrons. The summed E-state index contributed by atoms with van der Waals surface area (Å²) in [5.74, 6) is 0.190. The predicted octanol–water partition coefficient (Wildman–Crippen LogP) is 5.72. The van der Waals surface area contributed by atoms with E-state index in [1.54, 1.807) is 12.1 Å². The third-order valence-corrected chi connectivity index (χ3v) is 5.75. The summed E-state index contributed by atoms with van der Waals surface area (Å²) in [5, 5.41) is 4.62. The Morgan fingerprint density at radius 3 is 2.52 bits per heavy atom. The Kier molecular flexibility index (Phi) is 3.88. The van der Waals surface area contributed by atoms with Gasteiger partial charge in [-0.3, -0.25) is 4.98 Å². The number of aromatic nitrogens is 2. The Bertz CT molecular complexity index is 1420. The van der Waals surface area contributed by atoms with E-state index in [0.717, 1.165) is 16.3 Å². The molecular formula is C25H20N2O2. The maximum absolute atomic E-state index is 12.5. The number of pyridine rings is 1. The minimum absolute atomic E-state index is 0.354. The summed E-state index contributed by atoms with van der Waals surface area (Å²) in [7, 11) is 2.08. The molecule has 2 aromatic heterocycles. The predicted molar refractivity (Wildman–Crippen MR) is 117 cm³/mol. The molecule has 142 valence electrons. The first-order valence-corrected chi connectivity index (χ1v) is 9.58. The van der Waals surface area contributed by atoms with Crippen LogP contribution in [0.15, 0.2) is 67.0 Å². The number of benzene rings is 3. The average molecular weight is 380 g/mol. The molecule has 0 amide bonds. The molecule has 0 N–H and O–H groups in total. The zero-order chi connectivity index (χ0) is 20.1. The van der Waals surface area contributed by atoms with Gasteiger partial charge in [-0.05, 0) is 66.8 Å². The molecular weight excluding hydrogens is 360 g/mol. The topological polar surface area (TPSA) is 44.1 Å². The van der Waals surface area contributed by atoms with Crippen LogP contribution in [0, 0.1) is 13.8 Å². The lowest BCUT2D eigenvalue weighted by Gasteiger charge is -2.10. The van der Waals surface area contributed by atoms with E-state index < -0.39 is 0 Å². The number of esters is 1. The monoisotopic (exact) mass is 380 g/mol. The minimum Gasteiger partial charge on any atom is -0.423 e. The Labute approximate surface area is 168 Å². The molecule has 0 bridgehead atoms. The molecule has 0 atom stereocenters. The standard InChI is InChI=1S/C25H20N2O2/c1-15-21-14-26-12-11-19(21)16(2)24-23(15)20-13-18(9-10-22(20)27(24)3)29-25(28)17-7-5-4-6-8-17/h4-14H,1-3H3. The summed E-state index contributed by atoms with van der Waals surface area (Å²) in [5.41, 5.74) is 5.25. The van der Waals surface area contributed by atoms with Crippen LogP contribution in [-0.4, -0.2) is 15.5 Å². The number of hydrogen-bond donors (Lipinski definition) is 0. The third kappa shape index (κ3) is 2.60. The zero-order valence-corrected chi connectivity index (χ0v) is 16.6. The first kappa shape index (κ1) is 17.4. The first-order valence-electron chi connectivity index (χ1n) is 9.58. The normalized spacial score (nSPS) is 11.4. The fourth-order valence-corrected chi connectivity index (χ4v) is 4.33. The van der Waals surface area contributed by atoms with Crippen molar-refractivity contribution in [2.75, 3.05) is 0 Å². The molecule has 4 nitrogen and oxygen atoms in total. The van der Waals surface area contributed by atoms with E-state index in [1.165, 1.54) is 27.4 Å². The molecule has 0 aliphatic rings. The highest BCUT2D eigenvalue weighted by Crippen LogP contribution is 2.39. The van der Waals surface area contributed by atoms with Gasteiger partial charge in [0.2, 0.25) is 0 Å². The van der Waals surface area contributed by atoms with E-state index >= 15 is 0 Å². The van der Waals surface area contributed by atoms with Crippen LogP contribution < -0.4 is 4.74 Å². The van der Waals surface area contributed by atoms with Crippen LogP contribution in [-0.2, 0) is 7.05 Å². The summed E-state index contributed by atoms with van der Waals surface area (Å²) >= 11 is 0. The smallest absolute Gasteiger partial charge is 0.343 e. The van der Waals surface area contributed by atoms with E-state index in [2.05, 4.69) is 36.5 Å². The van der Waals surface area contributed by atoms with Crippen LogP contribution in [0.4, 0.5) is 0 Å². The van der Waals surface area contributed by atoms with E-state index in [4.69, 9.17) is 4.74 Å². The molecule has 0 saturated carbocycles. The zero-order valence-electron chi connectivity index (χ0n) is 16.6. The van der Waals surface area contributed by atoms with Gasteiger partial charge in [0.15, 0.2) is 0 Å². The fraction of sp³-hybridized carbons (Fsp3) is 0.120. The molecule has 5 aromatic rings. The molecule has 0 spiro atoms. The highest BCUT2D eigenvalue weighted by Gasteiger charge is 2.18. The summed E-state index contributed by atoms with van der Waals surface area (Å²) in [6, 6.07) is 17.0. The van der Waals surface area contributed by atoms with Crippen molar-refractivity contribution in [2.24, 2.45) is 7.05 Å². The summed E-state index contributed by atoms with van der Waals surface area (Å²) in [4.78, 5) is 16.8. The minimum atomic E-state index is -0.354.